The molecular weight excluding hydrogens is 174 g/mol. The maximum Gasteiger partial charge on any atom is 0.0354 e. The number of piperazine rings is 1. The fraction of sp³-hybridized carbons (Fsp3) is 0.818. The minimum absolute atomic E-state index is 0.200. The summed E-state index contributed by atoms with van der Waals surface area (Å²) in [6, 6.07) is 0.460. The van der Waals surface area contributed by atoms with Crippen molar-refractivity contribution in [3.8, 4) is 0 Å². The molecule has 1 saturated heterocycles. The number of nitrogens with zero attached hydrogens (tertiary/aromatic N) is 2. The summed E-state index contributed by atoms with van der Waals surface area (Å²) < 4.78 is 0. The molecule has 0 aromatic heterocycles. The summed E-state index contributed by atoms with van der Waals surface area (Å²) in [5.74, 6) is 0. The molecule has 0 bridgehead atoms. The van der Waals surface area contributed by atoms with E-state index in [0.29, 0.717) is 6.04 Å². The van der Waals surface area contributed by atoms with Crippen LogP contribution in [-0.4, -0.2) is 54.6 Å². The number of hydrogen-bond donors (Lipinski definition) is 1. The zero-order valence-electron chi connectivity index (χ0n) is 9.66. The van der Waals surface area contributed by atoms with E-state index in [2.05, 4.69) is 37.3 Å². The molecule has 1 rings (SSSR count). The molecule has 1 heterocycles. The van der Waals surface area contributed by atoms with Gasteiger partial charge in [-0.3, -0.25) is 4.90 Å². The van der Waals surface area contributed by atoms with Gasteiger partial charge in [-0.1, -0.05) is 6.08 Å². The molecule has 0 aromatic rings. The van der Waals surface area contributed by atoms with Crippen molar-refractivity contribution in [1.82, 2.24) is 9.80 Å². The smallest absolute Gasteiger partial charge is 0.0354 e. The number of nitrogens with two attached hydrogens (primary N) is 1. The first-order valence-corrected chi connectivity index (χ1v) is 5.27. The number of hydrogen-bond acceptors (Lipinski definition) is 3. The van der Waals surface area contributed by atoms with E-state index in [1.165, 1.54) is 0 Å². The maximum atomic E-state index is 5.80. The minimum atomic E-state index is 0.200. The van der Waals surface area contributed by atoms with Crippen molar-refractivity contribution in [3.63, 3.8) is 0 Å². The molecule has 1 aliphatic heterocycles. The predicted octanol–water partition coefficient (Wildman–Crippen LogP) is 0.526. The Balaban J connectivity index is 2.77. The molecule has 0 amide bonds. The lowest BCUT2D eigenvalue weighted by atomic mass is 9.95. The van der Waals surface area contributed by atoms with E-state index < -0.39 is 0 Å². The SMILES string of the molecule is C=CCN1C(CN)CN(C)CC1(C)C. The lowest BCUT2D eigenvalue weighted by Gasteiger charge is -2.50. The van der Waals surface area contributed by atoms with Crippen LogP contribution in [0.1, 0.15) is 13.8 Å². The summed E-state index contributed by atoms with van der Waals surface area (Å²) >= 11 is 0. The van der Waals surface area contributed by atoms with E-state index in [-0.39, 0.29) is 5.54 Å². The van der Waals surface area contributed by atoms with Gasteiger partial charge in [0.2, 0.25) is 0 Å². The Morgan fingerprint density at radius 2 is 2.21 bits per heavy atom. The molecule has 1 fully saturated rings. The van der Waals surface area contributed by atoms with E-state index in [1.807, 2.05) is 6.08 Å². The lowest BCUT2D eigenvalue weighted by molar-refractivity contribution is -0.00319. The minimum Gasteiger partial charge on any atom is -0.329 e. The Labute approximate surface area is 87.6 Å². The third-order valence-corrected chi connectivity index (χ3v) is 3.00. The third kappa shape index (κ3) is 2.35. The van der Waals surface area contributed by atoms with Crippen molar-refractivity contribution in [3.05, 3.63) is 12.7 Å². The molecule has 0 spiro atoms. The van der Waals surface area contributed by atoms with Gasteiger partial charge >= 0.3 is 0 Å². The van der Waals surface area contributed by atoms with Crippen LogP contribution in [0.5, 0.6) is 0 Å². The van der Waals surface area contributed by atoms with E-state index in [4.69, 9.17) is 5.73 Å². The summed E-state index contributed by atoms with van der Waals surface area (Å²) in [6.45, 7) is 12.2. The second kappa shape index (κ2) is 4.43. The van der Waals surface area contributed by atoms with E-state index in [0.717, 1.165) is 26.2 Å². The fourth-order valence-electron chi connectivity index (χ4n) is 2.51. The van der Waals surface area contributed by atoms with Crippen molar-refractivity contribution in [2.75, 3.05) is 33.2 Å². The van der Waals surface area contributed by atoms with E-state index >= 15 is 0 Å². The van der Waals surface area contributed by atoms with Crippen LogP contribution in [-0.2, 0) is 0 Å². The standard InChI is InChI=1S/C11H23N3/c1-5-6-14-10(7-12)8-13(4)9-11(14,2)3/h5,10H,1,6-9,12H2,2-4H3. The Kier molecular flexibility index (Phi) is 3.70. The van der Waals surface area contributed by atoms with Gasteiger partial charge < -0.3 is 10.6 Å². The van der Waals surface area contributed by atoms with Gasteiger partial charge in [0.15, 0.2) is 0 Å². The van der Waals surface area contributed by atoms with E-state index in [9.17, 15) is 0 Å². The second-order valence-electron chi connectivity index (χ2n) is 4.84. The molecule has 0 aliphatic carbocycles. The molecule has 1 unspecified atom stereocenters. The lowest BCUT2D eigenvalue weighted by Crippen LogP contribution is -2.64. The zero-order valence-corrected chi connectivity index (χ0v) is 9.66. The average Bonchev–Trinajstić information content (AvgIpc) is 2.08. The van der Waals surface area contributed by atoms with Crippen LogP contribution in [0, 0.1) is 0 Å². The third-order valence-electron chi connectivity index (χ3n) is 3.00. The van der Waals surface area contributed by atoms with Gasteiger partial charge in [0.1, 0.15) is 0 Å². The first-order valence-electron chi connectivity index (χ1n) is 5.27. The number of likely N-dealkylation sites (N-methyl/N-ethyl adjacent to an activating group) is 1. The Hall–Kier alpha value is -0.380. The van der Waals surface area contributed by atoms with Crippen LogP contribution in [0.2, 0.25) is 0 Å². The normalized spacial score (nSPS) is 29.0. The molecule has 0 saturated carbocycles. The van der Waals surface area contributed by atoms with Crippen molar-refractivity contribution in [1.29, 1.82) is 0 Å². The summed E-state index contributed by atoms with van der Waals surface area (Å²) in [7, 11) is 2.16. The van der Waals surface area contributed by atoms with Crippen LogP contribution >= 0.6 is 0 Å². The fourth-order valence-corrected chi connectivity index (χ4v) is 2.51. The Bertz CT molecular complexity index is 201. The van der Waals surface area contributed by atoms with Crippen LogP contribution in [0.3, 0.4) is 0 Å². The van der Waals surface area contributed by atoms with Gasteiger partial charge in [-0.2, -0.15) is 0 Å². The van der Waals surface area contributed by atoms with Crippen LogP contribution in [0.15, 0.2) is 12.7 Å². The molecule has 14 heavy (non-hydrogen) atoms. The predicted molar refractivity (Wildman–Crippen MR) is 61.3 cm³/mol. The molecular formula is C11H23N3. The monoisotopic (exact) mass is 197 g/mol. The summed E-state index contributed by atoms with van der Waals surface area (Å²) in [4.78, 5) is 4.82. The average molecular weight is 197 g/mol. The van der Waals surface area contributed by atoms with Gasteiger partial charge in [-0.25, -0.2) is 0 Å². The van der Waals surface area contributed by atoms with Crippen LogP contribution in [0.4, 0.5) is 0 Å². The van der Waals surface area contributed by atoms with Gasteiger partial charge in [0.05, 0.1) is 0 Å². The summed E-state index contributed by atoms with van der Waals surface area (Å²) in [5.41, 5.74) is 6.00. The molecule has 0 radical (unpaired) electrons. The molecule has 82 valence electrons. The van der Waals surface area contributed by atoms with Gasteiger partial charge in [0.25, 0.3) is 0 Å². The van der Waals surface area contributed by atoms with Gasteiger partial charge in [-0.05, 0) is 20.9 Å². The van der Waals surface area contributed by atoms with Gasteiger partial charge in [0, 0.05) is 37.8 Å². The van der Waals surface area contributed by atoms with Crippen LogP contribution < -0.4 is 5.73 Å². The molecule has 1 aliphatic rings. The van der Waals surface area contributed by atoms with E-state index in [1.54, 1.807) is 0 Å². The molecule has 3 nitrogen and oxygen atoms in total. The number of rotatable bonds is 3. The Morgan fingerprint density at radius 3 is 2.71 bits per heavy atom. The molecule has 2 N–H and O–H groups in total. The van der Waals surface area contributed by atoms with Crippen LogP contribution in [0.25, 0.3) is 0 Å². The summed E-state index contributed by atoms with van der Waals surface area (Å²) in [6.07, 6.45) is 1.97. The molecule has 0 aromatic carbocycles. The topological polar surface area (TPSA) is 32.5 Å². The van der Waals surface area contributed by atoms with Crippen molar-refractivity contribution in [2.45, 2.75) is 25.4 Å². The highest BCUT2D eigenvalue weighted by atomic mass is 15.3. The summed E-state index contributed by atoms with van der Waals surface area (Å²) in [5, 5.41) is 0. The zero-order chi connectivity index (χ0) is 10.8. The molecule has 1 atom stereocenters. The van der Waals surface area contributed by atoms with Crippen molar-refractivity contribution < 1.29 is 0 Å². The molecule has 3 heteroatoms. The highest BCUT2D eigenvalue weighted by Gasteiger charge is 2.36. The quantitative estimate of drug-likeness (QED) is 0.670. The first-order chi connectivity index (χ1) is 6.51. The first kappa shape index (κ1) is 11.7. The van der Waals surface area contributed by atoms with Crippen molar-refractivity contribution in [2.24, 2.45) is 5.73 Å². The largest absolute Gasteiger partial charge is 0.329 e. The Morgan fingerprint density at radius 1 is 1.57 bits per heavy atom. The highest BCUT2D eigenvalue weighted by molar-refractivity contribution is 4.97. The maximum absolute atomic E-state index is 5.80. The van der Waals surface area contributed by atoms with Crippen molar-refractivity contribution >= 4 is 0 Å². The highest BCUT2D eigenvalue weighted by Crippen LogP contribution is 2.23. The van der Waals surface area contributed by atoms with Gasteiger partial charge in [-0.15, -0.1) is 6.58 Å². The second-order valence-corrected chi connectivity index (χ2v) is 4.84.